The van der Waals surface area contributed by atoms with E-state index in [-0.39, 0.29) is 0 Å². The quantitative estimate of drug-likeness (QED) is 0.211. The summed E-state index contributed by atoms with van der Waals surface area (Å²) in [5.41, 5.74) is 6.37. The highest BCUT2D eigenvalue weighted by Crippen LogP contribution is 2.25. The van der Waals surface area contributed by atoms with E-state index in [1.54, 1.807) is 6.21 Å². The number of fused-ring (bicyclic) bond motifs is 2. The predicted octanol–water partition coefficient (Wildman–Crippen LogP) is 5.11. The lowest BCUT2D eigenvalue weighted by Crippen LogP contribution is -2.24. The minimum Gasteiger partial charge on any atom is -0.493 e. The predicted molar refractivity (Wildman–Crippen MR) is 124 cm³/mol. The molecular formula is C23H20N4OS. The van der Waals surface area contributed by atoms with Gasteiger partial charge >= 0.3 is 0 Å². The number of nitrogens with zero attached hydrogens (tertiary/aromatic N) is 2. The highest BCUT2D eigenvalue weighted by Gasteiger charge is 2.06. The number of pyridine rings is 1. The van der Waals surface area contributed by atoms with Crippen molar-refractivity contribution in [2.75, 3.05) is 11.9 Å². The second-order valence-electron chi connectivity index (χ2n) is 6.35. The zero-order valence-electron chi connectivity index (χ0n) is 15.9. The highest BCUT2D eigenvalue weighted by atomic mass is 32.1. The average Bonchev–Trinajstić information content (AvgIpc) is 2.74. The Balaban J connectivity index is 1.51. The van der Waals surface area contributed by atoms with Crippen molar-refractivity contribution >= 4 is 51.0 Å². The Kier molecular flexibility index (Phi) is 5.63. The molecule has 0 amide bonds. The van der Waals surface area contributed by atoms with Gasteiger partial charge in [0.15, 0.2) is 5.11 Å². The second-order valence-corrected chi connectivity index (χ2v) is 6.76. The van der Waals surface area contributed by atoms with E-state index >= 15 is 0 Å². The van der Waals surface area contributed by atoms with Gasteiger partial charge in [-0.05, 0) is 49.5 Å². The van der Waals surface area contributed by atoms with E-state index in [2.05, 4.69) is 28.0 Å². The van der Waals surface area contributed by atoms with Crippen molar-refractivity contribution in [3.63, 3.8) is 0 Å². The summed E-state index contributed by atoms with van der Waals surface area (Å²) in [6, 6.07) is 23.9. The van der Waals surface area contributed by atoms with Gasteiger partial charge < -0.3 is 10.1 Å². The Labute approximate surface area is 174 Å². The van der Waals surface area contributed by atoms with Crippen molar-refractivity contribution in [1.82, 2.24) is 10.4 Å². The fourth-order valence-corrected chi connectivity index (χ4v) is 3.25. The summed E-state index contributed by atoms with van der Waals surface area (Å²) in [4.78, 5) is 4.79. The van der Waals surface area contributed by atoms with Crippen LogP contribution in [0.1, 0.15) is 12.5 Å². The fraction of sp³-hybridized carbons (Fsp3) is 0.0870. The summed E-state index contributed by atoms with van der Waals surface area (Å²) in [5, 5.41) is 9.96. The van der Waals surface area contributed by atoms with Crippen LogP contribution in [-0.4, -0.2) is 22.9 Å². The number of nitrogens with one attached hydrogen (secondary N) is 2. The van der Waals surface area contributed by atoms with Crippen LogP contribution in [-0.2, 0) is 0 Å². The molecule has 0 aliphatic carbocycles. The first-order chi connectivity index (χ1) is 14.2. The van der Waals surface area contributed by atoms with Crippen LogP contribution in [0.4, 0.5) is 5.69 Å². The molecule has 0 aliphatic heterocycles. The lowest BCUT2D eigenvalue weighted by atomic mass is 10.1. The molecule has 0 saturated carbocycles. The molecule has 4 rings (SSSR count). The number of para-hydroxylation sites is 3. The number of aromatic nitrogens is 1. The highest BCUT2D eigenvalue weighted by molar-refractivity contribution is 7.80. The lowest BCUT2D eigenvalue weighted by Gasteiger charge is -2.11. The van der Waals surface area contributed by atoms with Crippen molar-refractivity contribution in [1.29, 1.82) is 0 Å². The van der Waals surface area contributed by atoms with Gasteiger partial charge in [-0.3, -0.25) is 5.43 Å². The van der Waals surface area contributed by atoms with Gasteiger partial charge in [0.25, 0.3) is 0 Å². The molecule has 0 radical (unpaired) electrons. The van der Waals surface area contributed by atoms with Crippen LogP contribution < -0.4 is 15.5 Å². The van der Waals surface area contributed by atoms with Crippen molar-refractivity contribution in [2.45, 2.75) is 6.92 Å². The van der Waals surface area contributed by atoms with Crippen LogP contribution in [0.25, 0.3) is 21.8 Å². The van der Waals surface area contributed by atoms with Crippen LogP contribution in [0.5, 0.6) is 5.75 Å². The number of hydrogen-bond donors (Lipinski definition) is 2. The lowest BCUT2D eigenvalue weighted by molar-refractivity contribution is 0.340. The molecule has 144 valence electrons. The van der Waals surface area contributed by atoms with Gasteiger partial charge in [-0.15, -0.1) is 0 Å². The second kappa shape index (κ2) is 8.67. The van der Waals surface area contributed by atoms with E-state index in [1.165, 1.54) is 0 Å². The van der Waals surface area contributed by atoms with Gasteiger partial charge in [-0.25, -0.2) is 4.98 Å². The summed E-state index contributed by atoms with van der Waals surface area (Å²) < 4.78 is 5.60. The molecule has 1 heterocycles. The van der Waals surface area contributed by atoms with Crippen LogP contribution in [0.15, 0.2) is 77.9 Å². The molecule has 6 heteroatoms. The zero-order valence-corrected chi connectivity index (χ0v) is 16.7. The minimum absolute atomic E-state index is 0.387. The Morgan fingerprint density at radius 2 is 1.83 bits per heavy atom. The van der Waals surface area contributed by atoms with Crippen molar-refractivity contribution in [3.8, 4) is 5.75 Å². The summed E-state index contributed by atoms with van der Waals surface area (Å²) in [5.74, 6) is 0.782. The monoisotopic (exact) mass is 400 g/mol. The summed E-state index contributed by atoms with van der Waals surface area (Å²) >= 11 is 5.40. The molecule has 4 aromatic rings. The first-order valence-electron chi connectivity index (χ1n) is 9.35. The molecule has 2 N–H and O–H groups in total. The number of rotatable bonds is 5. The Hall–Kier alpha value is -3.51. The largest absolute Gasteiger partial charge is 0.493 e. The maximum atomic E-state index is 5.60. The van der Waals surface area contributed by atoms with Crippen LogP contribution in [0.2, 0.25) is 0 Å². The summed E-state index contributed by atoms with van der Waals surface area (Å²) in [6.45, 7) is 2.55. The molecule has 0 aliphatic rings. The Bertz CT molecular complexity index is 1210. The van der Waals surface area contributed by atoms with E-state index in [9.17, 15) is 0 Å². The van der Waals surface area contributed by atoms with Crippen molar-refractivity contribution in [2.24, 2.45) is 5.10 Å². The number of hydrazone groups is 1. The van der Waals surface area contributed by atoms with E-state index in [0.29, 0.717) is 11.7 Å². The molecule has 29 heavy (non-hydrogen) atoms. The first kappa shape index (κ1) is 18.8. The topological polar surface area (TPSA) is 58.5 Å². The molecular weight excluding hydrogens is 380 g/mol. The third kappa shape index (κ3) is 4.33. The van der Waals surface area contributed by atoms with Crippen LogP contribution in [0.3, 0.4) is 0 Å². The molecule has 0 bridgehead atoms. The van der Waals surface area contributed by atoms with E-state index < -0.39 is 0 Å². The molecule has 3 aromatic carbocycles. The van der Waals surface area contributed by atoms with Gasteiger partial charge in [0, 0.05) is 16.3 Å². The van der Waals surface area contributed by atoms with Crippen molar-refractivity contribution in [3.05, 3.63) is 78.4 Å². The average molecular weight is 401 g/mol. The normalized spacial score (nSPS) is 11.1. The van der Waals surface area contributed by atoms with E-state index in [0.717, 1.165) is 38.8 Å². The SMILES string of the molecule is CCOc1ccccc1/C=N/NC(=S)Nc1cccc2cc3ccccc3nc12. The smallest absolute Gasteiger partial charge is 0.191 e. The molecule has 5 nitrogen and oxygen atoms in total. The molecule has 0 unspecified atom stereocenters. The fourth-order valence-electron chi connectivity index (χ4n) is 3.09. The van der Waals surface area contributed by atoms with E-state index in [4.69, 9.17) is 21.9 Å². The van der Waals surface area contributed by atoms with Crippen LogP contribution >= 0.6 is 12.2 Å². The first-order valence-corrected chi connectivity index (χ1v) is 9.76. The molecule has 0 spiro atoms. The Morgan fingerprint density at radius 1 is 1.03 bits per heavy atom. The molecule has 1 aromatic heterocycles. The number of benzene rings is 3. The van der Waals surface area contributed by atoms with Crippen molar-refractivity contribution < 1.29 is 4.74 Å². The summed E-state index contributed by atoms with van der Waals surface area (Å²) in [6.07, 6.45) is 1.69. The van der Waals surface area contributed by atoms with E-state index in [1.807, 2.05) is 67.6 Å². The van der Waals surface area contributed by atoms with Gasteiger partial charge in [0.1, 0.15) is 5.75 Å². The van der Waals surface area contributed by atoms with Crippen LogP contribution in [0, 0.1) is 0 Å². The third-order valence-electron chi connectivity index (χ3n) is 4.38. The Morgan fingerprint density at radius 3 is 2.72 bits per heavy atom. The maximum absolute atomic E-state index is 5.60. The number of anilines is 1. The molecule has 0 saturated heterocycles. The zero-order chi connectivity index (χ0) is 20.1. The standard InChI is InChI=1S/C23H20N4OS/c1-2-28-21-13-6-4-9-18(21)15-24-27-23(29)26-20-12-7-10-17-14-16-8-3-5-11-19(16)25-22(17)20/h3-15H,2H2,1H3,(H2,26,27,29)/b24-15+. The number of thiocarbonyl (C=S) groups is 1. The minimum atomic E-state index is 0.387. The number of hydrogen-bond acceptors (Lipinski definition) is 4. The summed E-state index contributed by atoms with van der Waals surface area (Å²) in [7, 11) is 0. The van der Waals surface area contributed by atoms with Gasteiger partial charge in [-0.2, -0.15) is 5.10 Å². The van der Waals surface area contributed by atoms with Gasteiger partial charge in [0.2, 0.25) is 0 Å². The number of ether oxygens (including phenoxy) is 1. The maximum Gasteiger partial charge on any atom is 0.191 e. The molecule has 0 fully saturated rings. The van der Waals surface area contributed by atoms with Gasteiger partial charge in [0.05, 0.1) is 29.5 Å². The molecule has 0 atom stereocenters. The third-order valence-corrected chi connectivity index (χ3v) is 4.58. The van der Waals surface area contributed by atoms with Gasteiger partial charge in [-0.1, -0.05) is 42.5 Å².